The average molecular weight is 361 g/mol. The number of hydrogen-bond acceptors (Lipinski definition) is 0. The van der Waals surface area contributed by atoms with Crippen LogP contribution in [0.3, 0.4) is 0 Å². The second kappa shape index (κ2) is 12.1. The predicted octanol–water partition coefficient (Wildman–Crippen LogP) is 7.98. The van der Waals surface area contributed by atoms with E-state index in [0.29, 0.717) is 5.92 Å². The van der Waals surface area contributed by atoms with Crippen molar-refractivity contribution in [3.05, 3.63) is 106 Å². The molecular formula is C27H36. The van der Waals surface area contributed by atoms with Gasteiger partial charge in [-0.25, -0.2) is 0 Å². The number of benzene rings is 3. The van der Waals surface area contributed by atoms with E-state index in [-0.39, 0.29) is 0 Å². The first-order valence-corrected chi connectivity index (χ1v) is 9.97. The zero-order valence-electron chi connectivity index (χ0n) is 18.2. The van der Waals surface area contributed by atoms with Gasteiger partial charge in [-0.05, 0) is 51.2 Å². The first kappa shape index (κ1) is 22.7. The summed E-state index contributed by atoms with van der Waals surface area (Å²) in [5.41, 5.74) is 8.24. The van der Waals surface area contributed by atoms with E-state index in [4.69, 9.17) is 0 Å². The summed E-state index contributed by atoms with van der Waals surface area (Å²) in [4.78, 5) is 0. The molecule has 0 spiro atoms. The first-order chi connectivity index (χ1) is 12.8. The molecule has 0 aliphatic rings. The first-order valence-electron chi connectivity index (χ1n) is 9.97. The van der Waals surface area contributed by atoms with Gasteiger partial charge in [-0.1, -0.05) is 116 Å². The predicted molar refractivity (Wildman–Crippen MR) is 122 cm³/mol. The van der Waals surface area contributed by atoms with Crippen molar-refractivity contribution in [2.45, 2.75) is 60.8 Å². The molecule has 0 aromatic heterocycles. The Labute approximate surface area is 167 Å². The molecule has 0 radical (unpaired) electrons. The van der Waals surface area contributed by atoms with Crippen LogP contribution in [0, 0.1) is 27.7 Å². The van der Waals surface area contributed by atoms with E-state index in [0.717, 1.165) is 6.42 Å². The summed E-state index contributed by atoms with van der Waals surface area (Å²) in [6.45, 7) is 15.1. The molecule has 0 amide bonds. The van der Waals surface area contributed by atoms with Crippen LogP contribution in [0.15, 0.2) is 72.8 Å². The molecule has 0 nitrogen and oxygen atoms in total. The fourth-order valence-corrected chi connectivity index (χ4v) is 2.77. The summed E-state index contributed by atoms with van der Waals surface area (Å²) < 4.78 is 0. The number of rotatable bonds is 2. The standard InChI is InChI=1S/C10H14.C9H12.C8H10/c1-8(2)10-6-4-5-9(3)7-10;1-3-9-6-4-5-8(2)7-9;1-7-4-3-5-8(2)6-7/h4-8H,1-3H3;4-7H,3H2,1-2H3;3-6H,1-2H3. The second-order valence-corrected chi connectivity index (χ2v) is 7.57. The Morgan fingerprint density at radius 3 is 1.33 bits per heavy atom. The van der Waals surface area contributed by atoms with Gasteiger partial charge in [0.25, 0.3) is 0 Å². The minimum Gasteiger partial charge on any atom is -0.0617 e. The zero-order valence-corrected chi connectivity index (χ0v) is 18.2. The van der Waals surface area contributed by atoms with Crippen molar-refractivity contribution in [1.29, 1.82) is 0 Å². The van der Waals surface area contributed by atoms with Crippen molar-refractivity contribution in [3.63, 3.8) is 0 Å². The van der Waals surface area contributed by atoms with Crippen molar-refractivity contribution >= 4 is 0 Å². The van der Waals surface area contributed by atoms with Crippen molar-refractivity contribution in [1.82, 2.24) is 0 Å². The summed E-state index contributed by atoms with van der Waals surface area (Å²) in [5.74, 6) is 0.653. The van der Waals surface area contributed by atoms with Crippen molar-refractivity contribution in [2.24, 2.45) is 0 Å². The smallest absolute Gasteiger partial charge is 0.0219 e. The van der Waals surface area contributed by atoms with E-state index in [1.165, 1.54) is 33.4 Å². The van der Waals surface area contributed by atoms with Gasteiger partial charge in [-0.3, -0.25) is 0 Å². The number of aryl methyl sites for hydroxylation is 5. The topological polar surface area (TPSA) is 0 Å². The van der Waals surface area contributed by atoms with Crippen LogP contribution >= 0.6 is 0 Å². The highest BCUT2D eigenvalue weighted by molar-refractivity contribution is 5.24. The Bertz CT molecular complexity index is 779. The van der Waals surface area contributed by atoms with Crippen LogP contribution in [-0.4, -0.2) is 0 Å². The highest BCUT2D eigenvalue weighted by Crippen LogP contribution is 2.14. The molecule has 0 N–H and O–H groups in total. The molecule has 144 valence electrons. The van der Waals surface area contributed by atoms with Crippen LogP contribution in [-0.2, 0) is 6.42 Å². The molecule has 0 heteroatoms. The Hall–Kier alpha value is -2.34. The highest BCUT2D eigenvalue weighted by atomic mass is 14.0. The van der Waals surface area contributed by atoms with E-state index in [2.05, 4.69) is 121 Å². The van der Waals surface area contributed by atoms with Gasteiger partial charge in [0.05, 0.1) is 0 Å². The highest BCUT2D eigenvalue weighted by Gasteiger charge is 1.96. The third-order valence-corrected chi connectivity index (χ3v) is 4.37. The van der Waals surface area contributed by atoms with E-state index in [1.54, 1.807) is 0 Å². The van der Waals surface area contributed by atoms with Crippen LogP contribution in [0.25, 0.3) is 0 Å². The second-order valence-electron chi connectivity index (χ2n) is 7.57. The molecule has 0 fully saturated rings. The number of hydrogen-bond donors (Lipinski definition) is 0. The summed E-state index contributed by atoms with van der Waals surface area (Å²) in [6, 6.07) is 25.7. The van der Waals surface area contributed by atoms with Gasteiger partial charge in [0.1, 0.15) is 0 Å². The van der Waals surface area contributed by atoms with Crippen LogP contribution in [0.4, 0.5) is 0 Å². The Kier molecular flexibility index (Phi) is 10.2. The lowest BCUT2D eigenvalue weighted by Crippen LogP contribution is -1.86. The molecule has 0 heterocycles. The summed E-state index contributed by atoms with van der Waals surface area (Å²) in [7, 11) is 0. The van der Waals surface area contributed by atoms with E-state index >= 15 is 0 Å². The molecule has 3 rings (SSSR count). The lowest BCUT2D eigenvalue weighted by Gasteiger charge is -2.04. The molecule has 27 heavy (non-hydrogen) atoms. The lowest BCUT2D eigenvalue weighted by atomic mass is 10.0. The van der Waals surface area contributed by atoms with Crippen LogP contribution in [0.5, 0.6) is 0 Å². The van der Waals surface area contributed by atoms with Gasteiger partial charge in [-0.15, -0.1) is 0 Å². The molecule has 3 aromatic rings. The van der Waals surface area contributed by atoms with E-state index in [1.807, 2.05) is 0 Å². The molecule has 0 atom stereocenters. The van der Waals surface area contributed by atoms with E-state index < -0.39 is 0 Å². The monoisotopic (exact) mass is 360 g/mol. The third-order valence-electron chi connectivity index (χ3n) is 4.37. The van der Waals surface area contributed by atoms with Gasteiger partial charge in [-0.2, -0.15) is 0 Å². The average Bonchev–Trinajstić information content (AvgIpc) is 2.62. The van der Waals surface area contributed by atoms with Gasteiger partial charge in [0, 0.05) is 0 Å². The molecule has 0 saturated heterocycles. The molecule has 3 aromatic carbocycles. The van der Waals surface area contributed by atoms with Crippen molar-refractivity contribution in [3.8, 4) is 0 Å². The molecule has 0 bridgehead atoms. The van der Waals surface area contributed by atoms with Crippen LogP contribution < -0.4 is 0 Å². The minimum absolute atomic E-state index is 0.653. The fourth-order valence-electron chi connectivity index (χ4n) is 2.77. The summed E-state index contributed by atoms with van der Waals surface area (Å²) in [6.07, 6.45) is 1.14. The molecule has 0 unspecified atom stereocenters. The normalized spacial score (nSPS) is 9.78. The van der Waals surface area contributed by atoms with Crippen molar-refractivity contribution < 1.29 is 0 Å². The van der Waals surface area contributed by atoms with Gasteiger partial charge >= 0.3 is 0 Å². The summed E-state index contributed by atoms with van der Waals surface area (Å²) >= 11 is 0. The molecule has 0 saturated carbocycles. The maximum atomic E-state index is 2.24. The molecule has 0 aliphatic heterocycles. The van der Waals surface area contributed by atoms with Gasteiger partial charge in [0.2, 0.25) is 0 Å². The summed E-state index contributed by atoms with van der Waals surface area (Å²) in [5, 5.41) is 0. The fraction of sp³-hybridized carbons (Fsp3) is 0.333. The Morgan fingerprint density at radius 2 is 1.04 bits per heavy atom. The maximum absolute atomic E-state index is 2.24. The lowest BCUT2D eigenvalue weighted by molar-refractivity contribution is 0.865. The largest absolute Gasteiger partial charge is 0.0617 e. The minimum atomic E-state index is 0.653. The van der Waals surface area contributed by atoms with Gasteiger partial charge in [0.15, 0.2) is 0 Å². The van der Waals surface area contributed by atoms with Crippen LogP contribution in [0.1, 0.15) is 60.1 Å². The zero-order chi connectivity index (χ0) is 20.2. The Balaban J connectivity index is 0.000000204. The molecular weight excluding hydrogens is 324 g/mol. The van der Waals surface area contributed by atoms with Crippen LogP contribution in [0.2, 0.25) is 0 Å². The SMILES string of the molecule is CCc1cccc(C)c1.Cc1cccc(C(C)C)c1.Cc1cccc(C)c1. The third kappa shape index (κ3) is 9.80. The van der Waals surface area contributed by atoms with Crippen molar-refractivity contribution in [2.75, 3.05) is 0 Å². The van der Waals surface area contributed by atoms with E-state index in [9.17, 15) is 0 Å². The molecule has 0 aliphatic carbocycles. The Morgan fingerprint density at radius 1 is 0.593 bits per heavy atom. The van der Waals surface area contributed by atoms with Gasteiger partial charge < -0.3 is 0 Å². The quantitative estimate of drug-likeness (QED) is 0.434. The maximum Gasteiger partial charge on any atom is -0.0219 e.